The molecular weight excluding hydrogens is 378 g/mol. The van der Waals surface area contributed by atoms with E-state index in [0.717, 1.165) is 67.2 Å². The molecule has 0 spiro atoms. The van der Waals surface area contributed by atoms with Gasteiger partial charge >= 0.3 is 0 Å². The normalized spacial score (nSPS) is 11.5. The molecule has 30 heavy (non-hydrogen) atoms. The summed E-state index contributed by atoms with van der Waals surface area (Å²) in [5.74, 6) is 1.52. The highest BCUT2D eigenvalue weighted by molar-refractivity contribution is 6.14. The summed E-state index contributed by atoms with van der Waals surface area (Å²) in [5, 5.41) is 6.13. The minimum absolute atomic E-state index is 0.755. The molecule has 0 atom stereocenters. The number of rotatable bonds is 3. The van der Waals surface area contributed by atoms with Crippen molar-refractivity contribution in [3.8, 4) is 28.1 Å². The Morgan fingerprint density at radius 1 is 1.03 bits per heavy atom. The number of pyridine rings is 1. The minimum atomic E-state index is 0.755. The van der Waals surface area contributed by atoms with E-state index in [1.807, 2.05) is 40.0 Å². The van der Waals surface area contributed by atoms with Crippen LogP contribution in [0.15, 0.2) is 41.3 Å². The van der Waals surface area contributed by atoms with Crippen molar-refractivity contribution in [1.29, 1.82) is 0 Å². The molecule has 0 aliphatic heterocycles. The van der Waals surface area contributed by atoms with Crippen molar-refractivity contribution >= 4 is 21.9 Å². The summed E-state index contributed by atoms with van der Waals surface area (Å²) < 4.78 is 13.3. The number of aromatic nitrogens is 5. The number of fused-ring (bicyclic) bond motifs is 3. The first-order valence-electron chi connectivity index (χ1n) is 9.67. The third kappa shape index (κ3) is 2.58. The molecule has 0 aliphatic carbocycles. The summed E-state index contributed by atoms with van der Waals surface area (Å²) in [7, 11) is 3.69. The van der Waals surface area contributed by atoms with E-state index in [1.165, 1.54) is 0 Å². The van der Waals surface area contributed by atoms with E-state index in [0.29, 0.717) is 0 Å². The Morgan fingerprint density at radius 3 is 2.57 bits per heavy atom. The molecule has 1 aromatic carbocycles. The van der Waals surface area contributed by atoms with Gasteiger partial charge in [0.05, 0.1) is 35.0 Å². The summed E-state index contributed by atoms with van der Waals surface area (Å²) in [6, 6.07) is 8.18. The Bertz CT molecular complexity index is 1410. The predicted octanol–water partition coefficient (Wildman–Crippen LogP) is 4.77. The maximum Gasteiger partial charge on any atom is 0.144 e. The summed E-state index contributed by atoms with van der Waals surface area (Å²) in [5.41, 5.74) is 7.46. The smallest absolute Gasteiger partial charge is 0.144 e. The molecule has 0 bridgehead atoms. The van der Waals surface area contributed by atoms with Gasteiger partial charge < -0.3 is 13.8 Å². The van der Waals surface area contributed by atoms with Crippen LogP contribution in [0.4, 0.5) is 0 Å². The molecule has 0 saturated heterocycles. The molecule has 4 aromatic heterocycles. The molecular formula is C23H21N5O2. The van der Waals surface area contributed by atoms with Gasteiger partial charge in [-0.2, -0.15) is 0 Å². The summed E-state index contributed by atoms with van der Waals surface area (Å²) in [6.45, 7) is 5.83. The highest BCUT2D eigenvalue weighted by Gasteiger charge is 2.21. The minimum Gasteiger partial charge on any atom is -0.496 e. The van der Waals surface area contributed by atoms with Crippen molar-refractivity contribution in [2.24, 2.45) is 7.05 Å². The zero-order chi connectivity index (χ0) is 21.0. The summed E-state index contributed by atoms with van der Waals surface area (Å²) in [4.78, 5) is 13.5. The Balaban J connectivity index is 1.89. The number of hydrogen-bond donors (Lipinski definition) is 0. The second-order valence-corrected chi connectivity index (χ2v) is 7.43. The van der Waals surface area contributed by atoms with Gasteiger partial charge in [0.1, 0.15) is 23.5 Å². The van der Waals surface area contributed by atoms with Crippen molar-refractivity contribution in [2.75, 3.05) is 7.11 Å². The molecule has 0 radical (unpaired) electrons. The second-order valence-electron chi connectivity index (χ2n) is 7.43. The number of hydrogen-bond acceptors (Lipinski definition) is 6. The number of ether oxygens (including phenoxy) is 1. The predicted molar refractivity (Wildman–Crippen MR) is 116 cm³/mol. The molecule has 0 amide bonds. The van der Waals surface area contributed by atoms with Crippen LogP contribution in [0.2, 0.25) is 0 Å². The van der Waals surface area contributed by atoms with E-state index in [1.54, 1.807) is 19.6 Å². The Hall–Kier alpha value is -3.74. The Labute approximate surface area is 173 Å². The van der Waals surface area contributed by atoms with Gasteiger partial charge in [0.15, 0.2) is 0 Å². The first-order valence-corrected chi connectivity index (χ1v) is 9.67. The lowest BCUT2D eigenvalue weighted by atomic mass is 10.00. The Morgan fingerprint density at radius 2 is 1.87 bits per heavy atom. The molecule has 0 fully saturated rings. The molecule has 7 heteroatoms. The SMILES string of the molecule is COc1cc2c3c(-c4ccnc(C)c4)ncnc3n(C)c2cc1-c1c(C)noc1C. The maximum absolute atomic E-state index is 5.78. The van der Waals surface area contributed by atoms with Crippen LogP contribution >= 0.6 is 0 Å². The third-order valence-corrected chi connectivity index (χ3v) is 5.57. The summed E-state index contributed by atoms with van der Waals surface area (Å²) in [6.07, 6.45) is 3.42. The highest BCUT2D eigenvalue weighted by atomic mass is 16.5. The first kappa shape index (κ1) is 18.3. The zero-order valence-electron chi connectivity index (χ0n) is 17.5. The number of nitrogens with zero attached hydrogens (tertiary/aromatic N) is 5. The van der Waals surface area contributed by atoms with Crippen LogP contribution in [0.3, 0.4) is 0 Å². The van der Waals surface area contributed by atoms with Gasteiger partial charge in [0, 0.05) is 35.5 Å². The van der Waals surface area contributed by atoms with E-state index in [9.17, 15) is 0 Å². The van der Waals surface area contributed by atoms with Gasteiger partial charge in [-0.25, -0.2) is 9.97 Å². The Kier molecular flexibility index (Phi) is 4.06. The van der Waals surface area contributed by atoms with E-state index in [-0.39, 0.29) is 0 Å². The van der Waals surface area contributed by atoms with Gasteiger partial charge in [0.2, 0.25) is 0 Å². The standard InChI is InChI=1S/C23H21N5O2/c1-12-8-15(6-7-24-12)22-21-16-10-19(29-5)17(20-13(2)27-30-14(20)3)9-18(16)28(4)23(21)26-11-25-22/h6-11H,1-5H3. The van der Waals surface area contributed by atoms with Gasteiger partial charge in [-0.3, -0.25) is 4.98 Å². The van der Waals surface area contributed by atoms with Gasteiger partial charge in [-0.05, 0) is 45.0 Å². The van der Waals surface area contributed by atoms with Crippen LogP contribution < -0.4 is 4.74 Å². The number of methoxy groups -OCH3 is 1. The van der Waals surface area contributed by atoms with Gasteiger partial charge in [-0.15, -0.1) is 0 Å². The topological polar surface area (TPSA) is 78.9 Å². The molecule has 0 N–H and O–H groups in total. The molecule has 7 nitrogen and oxygen atoms in total. The molecule has 0 saturated carbocycles. The highest BCUT2D eigenvalue weighted by Crippen LogP contribution is 2.41. The van der Waals surface area contributed by atoms with E-state index in [2.05, 4.69) is 36.8 Å². The zero-order valence-corrected chi connectivity index (χ0v) is 17.5. The van der Waals surface area contributed by atoms with Crippen molar-refractivity contribution in [1.82, 2.24) is 24.7 Å². The van der Waals surface area contributed by atoms with Crippen LogP contribution in [0, 0.1) is 20.8 Å². The lowest BCUT2D eigenvalue weighted by Crippen LogP contribution is -1.93. The van der Waals surface area contributed by atoms with Crippen LogP contribution in [0.5, 0.6) is 5.75 Å². The fourth-order valence-corrected chi connectivity index (χ4v) is 4.18. The summed E-state index contributed by atoms with van der Waals surface area (Å²) >= 11 is 0. The van der Waals surface area contributed by atoms with E-state index >= 15 is 0 Å². The van der Waals surface area contributed by atoms with Crippen molar-refractivity contribution in [3.63, 3.8) is 0 Å². The molecule has 0 unspecified atom stereocenters. The first-order chi connectivity index (χ1) is 14.5. The molecule has 150 valence electrons. The third-order valence-electron chi connectivity index (χ3n) is 5.57. The lowest BCUT2D eigenvalue weighted by Gasteiger charge is -2.10. The fraction of sp³-hybridized carbons (Fsp3) is 0.217. The molecule has 5 rings (SSSR count). The van der Waals surface area contributed by atoms with Gasteiger partial charge in [-0.1, -0.05) is 5.16 Å². The maximum atomic E-state index is 5.78. The van der Waals surface area contributed by atoms with Crippen LogP contribution in [-0.4, -0.2) is 31.8 Å². The van der Waals surface area contributed by atoms with E-state index in [4.69, 9.17) is 9.26 Å². The molecule has 5 aromatic rings. The van der Waals surface area contributed by atoms with Crippen molar-refractivity contribution < 1.29 is 9.26 Å². The van der Waals surface area contributed by atoms with Crippen molar-refractivity contribution in [3.05, 3.63) is 53.9 Å². The van der Waals surface area contributed by atoms with Crippen LogP contribution in [0.1, 0.15) is 17.1 Å². The second kappa shape index (κ2) is 6.66. The average Bonchev–Trinajstić information content (AvgIpc) is 3.23. The quantitative estimate of drug-likeness (QED) is 0.435. The largest absolute Gasteiger partial charge is 0.496 e. The van der Waals surface area contributed by atoms with Crippen LogP contribution in [0.25, 0.3) is 44.3 Å². The fourth-order valence-electron chi connectivity index (χ4n) is 4.18. The number of benzene rings is 1. The molecule has 0 aliphatic rings. The average molecular weight is 399 g/mol. The van der Waals surface area contributed by atoms with Gasteiger partial charge in [0.25, 0.3) is 0 Å². The number of aryl methyl sites for hydroxylation is 4. The van der Waals surface area contributed by atoms with E-state index < -0.39 is 0 Å². The van der Waals surface area contributed by atoms with Crippen LogP contribution in [-0.2, 0) is 7.05 Å². The lowest BCUT2D eigenvalue weighted by molar-refractivity contribution is 0.393. The molecule has 4 heterocycles. The van der Waals surface area contributed by atoms with Crippen molar-refractivity contribution in [2.45, 2.75) is 20.8 Å². The monoisotopic (exact) mass is 399 g/mol.